The van der Waals surface area contributed by atoms with Crippen molar-refractivity contribution in [1.29, 1.82) is 0 Å². The quantitative estimate of drug-likeness (QED) is 0.714. The summed E-state index contributed by atoms with van der Waals surface area (Å²) >= 11 is 0. The lowest BCUT2D eigenvalue weighted by molar-refractivity contribution is -0.120. The molecule has 7 nitrogen and oxygen atoms in total. The number of amides is 3. The van der Waals surface area contributed by atoms with Gasteiger partial charge in [0.1, 0.15) is 17.5 Å². The average molecular weight is 309 g/mol. The van der Waals surface area contributed by atoms with Crippen LogP contribution in [0.2, 0.25) is 0 Å². The number of nitrogens with one attached hydrogen (secondary N) is 3. The zero-order valence-corrected chi connectivity index (χ0v) is 13.4. The normalized spacial score (nSPS) is 11.3. The van der Waals surface area contributed by atoms with Crippen LogP contribution < -0.4 is 25.4 Å². The molecule has 0 bridgehead atoms. The zero-order valence-electron chi connectivity index (χ0n) is 13.4. The fourth-order valence-electron chi connectivity index (χ4n) is 1.74. The van der Waals surface area contributed by atoms with Crippen LogP contribution in [0, 0.1) is 0 Å². The lowest BCUT2D eigenvalue weighted by Crippen LogP contribution is -2.44. The molecule has 0 radical (unpaired) electrons. The van der Waals surface area contributed by atoms with Crippen LogP contribution >= 0.6 is 0 Å². The van der Waals surface area contributed by atoms with Crippen molar-refractivity contribution < 1.29 is 19.1 Å². The zero-order chi connectivity index (χ0) is 16.5. The van der Waals surface area contributed by atoms with Crippen molar-refractivity contribution in [2.45, 2.75) is 26.8 Å². The molecule has 122 valence electrons. The number of urea groups is 1. The maximum Gasteiger partial charge on any atom is 0.321 e. The van der Waals surface area contributed by atoms with Gasteiger partial charge >= 0.3 is 6.03 Å². The molecule has 7 heteroatoms. The van der Waals surface area contributed by atoms with Crippen LogP contribution in [-0.4, -0.2) is 38.2 Å². The second-order valence-electron chi connectivity index (χ2n) is 4.46. The Bertz CT molecular complexity index is 520. The summed E-state index contributed by atoms with van der Waals surface area (Å²) in [5.41, 5.74) is 0.632. The van der Waals surface area contributed by atoms with E-state index in [9.17, 15) is 9.59 Å². The fourth-order valence-corrected chi connectivity index (χ4v) is 1.74. The smallest absolute Gasteiger partial charge is 0.321 e. The monoisotopic (exact) mass is 309 g/mol. The molecule has 1 aromatic carbocycles. The van der Waals surface area contributed by atoms with Crippen LogP contribution in [-0.2, 0) is 4.79 Å². The molecule has 1 unspecified atom stereocenters. The molecule has 0 spiro atoms. The summed E-state index contributed by atoms with van der Waals surface area (Å²) < 4.78 is 11.0. The van der Waals surface area contributed by atoms with Crippen molar-refractivity contribution in [3.63, 3.8) is 0 Å². The number of anilines is 1. The molecule has 1 rings (SSSR count). The van der Waals surface area contributed by atoms with Gasteiger partial charge in [-0.3, -0.25) is 10.1 Å². The van der Waals surface area contributed by atoms with Gasteiger partial charge < -0.3 is 20.1 Å². The van der Waals surface area contributed by atoms with E-state index in [1.54, 1.807) is 25.1 Å². The van der Waals surface area contributed by atoms with Crippen LogP contribution in [0.5, 0.6) is 11.5 Å². The number of benzene rings is 1. The van der Waals surface area contributed by atoms with E-state index in [4.69, 9.17) is 9.47 Å². The van der Waals surface area contributed by atoms with Crippen LogP contribution in [0.1, 0.15) is 20.8 Å². The van der Waals surface area contributed by atoms with Crippen molar-refractivity contribution in [2.75, 3.05) is 25.6 Å². The second kappa shape index (κ2) is 8.76. The van der Waals surface area contributed by atoms with Crippen LogP contribution in [0.25, 0.3) is 0 Å². The number of imide groups is 1. The average Bonchev–Trinajstić information content (AvgIpc) is 2.50. The Balaban J connectivity index is 2.86. The first-order valence-corrected chi connectivity index (χ1v) is 7.20. The molecule has 3 N–H and O–H groups in total. The molecule has 0 aromatic heterocycles. The minimum atomic E-state index is -0.617. The van der Waals surface area contributed by atoms with Gasteiger partial charge in [0.25, 0.3) is 0 Å². The molecule has 0 saturated carbocycles. The number of hydrogen-bond donors (Lipinski definition) is 3. The summed E-state index contributed by atoms with van der Waals surface area (Å²) in [6.45, 7) is 6.47. The Morgan fingerprint density at radius 1 is 1.18 bits per heavy atom. The highest BCUT2D eigenvalue weighted by Crippen LogP contribution is 2.30. The molecule has 0 fully saturated rings. The van der Waals surface area contributed by atoms with Gasteiger partial charge in [-0.25, -0.2) is 4.79 Å². The van der Waals surface area contributed by atoms with E-state index < -0.39 is 18.0 Å². The topological polar surface area (TPSA) is 88.7 Å². The van der Waals surface area contributed by atoms with Crippen molar-refractivity contribution >= 4 is 17.6 Å². The Labute approximate surface area is 130 Å². The predicted octanol–water partition coefficient (Wildman–Crippen LogP) is 1.74. The largest absolute Gasteiger partial charge is 0.494 e. The Kier molecular flexibility index (Phi) is 7.01. The van der Waals surface area contributed by atoms with E-state index in [-0.39, 0.29) is 0 Å². The first kappa shape index (κ1) is 17.6. The van der Waals surface area contributed by atoms with Gasteiger partial charge in [0.2, 0.25) is 5.91 Å². The van der Waals surface area contributed by atoms with Crippen molar-refractivity contribution in [1.82, 2.24) is 10.6 Å². The minimum Gasteiger partial charge on any atom is -0.494 e. The second-order valence-corrected chi connectivity index (χ2v) is 4.46. The Hall–Kier alpha value is -2.44. The van der Waals surface area contributed by atoms with E-state index >= 15 is 0 Å². The van der Waals surface area contributed by atoms with Crippen LogP contribution in [0.3, 0.4) is 0 Å². The maximum atomic E-state index is 11.9. The molecule has 0 heterocycles. The number of ether oxygens (including phenoxy) is 2. The van der Waals surface area contributed by atoms with Gasteiger partial charge in [-0.1, -0.05) is 0 Å². The predicted molar refractivity (Wildman–Crippen MR) is 84.5 cm³/mol. The SMILES string of the molecule is CCOc1ccc(OCC)c(NC(C)C(=O)NC(=O)NC)c1. The van der Waals surface area contributed by atoms with E-state index in [0.29, 0.717) is 30.4 Å². The van der Waals surface area contributed by atoms with E-state index in [1.807, 2.05) is 13.8 Å². The van der Waals surface area contributed by atoms with Crippen molar-refractivity contribution in [3.05, 3.63) is 18.2 Å². The van der Waals surface area contributed by atoms with E-state index in [1.165, 1.54) is 7.05 Å². The van der Waals surface area contributed by atoms with Crippen molar-refractivity contribution in [3.8, 4) is 11.5 Å². The summed E-state index contributed by atoms with van der Waals surface area (Å²) in [6, 6.07) is 4.17. The molecule has 22 heavy (non-hydrogen) atoms. The fraction of sp³-hybridized carbons (Fsp3) is 0.467. The Morgan fingerprint density at radius 3 is 2.45 bits per heavy atom. The maximum absolute atomic E-state index is 11.9. The third-order valence-corrected chi connectivity index (χ3v) is 2.79. The van der Waals surface area contributed by atoms with Gasteiger partial charge in [0.15, 0.2) is 0 Å². The highest BCUT2D eigenvalue weighted by atomic mass is 16.5. The van der Waals surface area contributed by atoms with Crippen molar-refractivity contribution in [2.24, 2.45) is 0 Å². The molecule has 0 aliphatic carbocycles. The molecule has 0 saturated heterocycles. The first-order chi connectivity index (χ1) is 10.5. The molecular weight excluding hydrogens is 286 g/mol. The van der Waals surface area contributed by atoms with E-state index in [2.05, 4.69) is 16.0 Å². The summed E-state index contributed by atoms with van der Waals surface area (Å²) in [7, 11) is 1.44. The van der Waals surface area contributed by atoms with E-state index in [0.717, 1.165) is 0 Å². The van der Waals surface area contributed by atoms with Gasteiger partial charge in [0, 0.05) is 13.1 Å². The third kappa shape index (κ3) is 5.16. The first-order valence-electron chi connectivity index (χ1n) is 7.20. The van der Waals surface area contributed by atoms with Gasteiger partial charge in [-0.05, 0) is 32.9 Å². The summed E-state index contributed by atoms with van der Waals surface area (Å²) in [4.78, 5) is 23.1. The number of hydrogen-bond acceptors (Lipinski definition) is 5. The third-order valence-electron chi connectivity index (χ3n) is 2.79. The number of carbonyl (C=O) groups excluding carboxylic acids is 2. The summed E-state index contributed by atoms with van der Waals surface area (Å²) in [5.74, 6) is 0.849. The standard InChI is InChI=1S/C15H23N3O4/c1-5-21-11-7-8-13(22-6-2)12(9-11)17-10(3)14(19)18-15(20)16-4/h7-10,17H,5-6H2,1-4H3,(H2,16,18,19,20). The van der Waals surface area contributed by atoms with Gasteiger partial charge in [0.05, 0.1) is 18.9 Å². The van der Waals surface area contributed by atoms with Crippen LogP contribution in [0.4, 0.5) is 10.5 Å². The highest BCUT2D eigenvalue weighted by Gasteiger charge is 2.17. The molecule has 1 aromatic rings. The summed E-state index contributed by atoms with van der Waals surface area (Å²) in [5, 5.41) is 7.57. The highest BCUT2D eigenvalue weighted by molar-refractivity contribution is 5.98. The number of carbonyl (C=O) groups is 2. The molecular formula is C15H23N3O4. The lowest BCUT2D eigenvalue weighted by Gasteiger charge is -2.18. The molecule has 0 aliphatic rings. The van der Waals surface area contributed by atoms with Gasteiger partial charge in [-0.2, -0.15) is 0 Å². The molecule has 1 atom stereocenters. The lowest BCUT2D eigenvalue weighted by atomic mass is 10.2. The molecule has 0 aliphatic heterocycles. The summed E-state index contributed by atoms with van der Waals surface area (Å²) in [6.07, 6.45) is 0. The number of rotatable bonds is 7. The Morgan fingerprint density at radius 2 is 1.86 bits per heavy atom. The van der Waals surface area contributed by atoms with Crippen LogP contribution in [0.15, 0.2) is 18.2 Å². The minimum absolute atomic E-state index is 0.441. The molecule has 3 amide bonds. The van der Waals surface area contributed by atoms with Gasteiger partial charge in [-0.15, -0.1) is 0 Å².